The molecular formula is C25H27ClN2O2S. The topological polar surface area (TPSA) is 41.6 Å². The average molecular weight is 455 g/mol. The molecule has 0 fully saturated rings. The van der Waals surface area contributed by atoms with Crippen LogP contribution in [-0.2, 0) is 17.6 Å². The molecule has 1 atom stereocenters. The monoisotopic (exact) mass is 454 g/mol. The number of benzene rings is 2. The summed E-state index contributed by atoms with van der Waals surface area (Å²) in [6.07, 6.45) is 2.03. The molecule has 4 rings (SSSR count). The first-order valence-corrected chi connectivity index (χ1v) is 11.7. The van der Waals surface area contributed by atoms with E-state index in [0.717, 1.165) is 19.4 Å². The highest BCUT2D eigenvalue weighted by atomic mass is 35.5. The molecule has 4 nitrogen and oxygen atoms in total. The van der Waals surface area contributed by atoms with E-state index in [-0.39, 0.29) is 11.9 Å². The lowest BCUT2D eigenvalue weighted by Gasteiger charge is -2.36. The lowest BCUT2D eigenvalue weighted by atomic mass is 9.91. The number of anilines is 1. The summed E-state index contributed by atoms with van der Waals surface area (Å²) in [6, 6.07) is 15.9. The van der Waals surface area contributed by atoms with Gasteiger partial charge in [-0.2, -0.15) is 0 Å². The van der Waals surface area contributed by atoms with Crippen LogP contribution in [0.25, 0.3) is 0 Å². The number of carbonyl (C=O) groups excluding carboxylic acids is 1. The number of fused-ring (bicyclic) bond motifs is 1. The van der Waals surface area contributed by atoms with E-state index in [0.29, 0.717) is 23.0 Å². The Morgan fingerprint density at radius 3 is 2.71 bits per heavy atom. The Kier molecular flexibility index (Phi) is 6.65. The van der Waals surface area contributed by atoms with Gasteiger partial charge in [-0.3, -0.25) is 9.69 Å². The van der Waals surface area contributed by atoms with Crippen molar-refractivity contribution in [3.63, 3.8) is 0 Å². The predicted octanol–water partition coefficient (Wildman–Crippen LogP) is 5.87. The first-order chi connectivity index (χ1) is 15.0. The van der Waals surface area contributed by atoms with Gasteiger partial charge in [-0.05, 0) is 54.7 Å². The van der Waals surface area contributed by atoms with E-state index in [9.17, 15) is 4.79 Å². The molecule has 0 radical (unpaired) electrons. The zero-order valence-corrected chi connectivity index (χ0v) is 19.6. The predicted molar refractivity (Wildman–Crippen MR) is 129 cm³/mol. The van der Waals surface area contributed by atoms with Crippen LogP contribution in [0, 0.1) is 6.92 Å². The maximum atomic E-state index is 12.9. The van der Waals surface area contributed by atoms with Crippen molar-refractivity contribution in [3.8, 4) is 5.75 Å². The number of nitrogens with zero attached hydrogens (tertiary/aromatic N) is 1. The zero-order valence-electron chi connectivity index (χ0n) is 18.1. The van der Waals surface area contributed by atoms with Crippen LogP contribution in [0.15, 0.2) is 48.5 Å². The standard InChI is InChI=1S/C25H27ClN2O2S/c1-4-19-16(2)31-25-20(19)12-13-28(24(25)17-8-6-5-7-9-17)15-23(29)27-18-10-11-22(30-3)21(26)14-18/h5-11,14,24H,4,12-13,15H2,1-3H3,(H,27,29). The van der Waals surface area contributed by atoms with Crippen LogP contribution in [0.4, 0.5) is 5.69 Å². The minimum atomic E-state index is -0.0467. The summed E-state index contributed by atoms with van der Waals surface area (Å²) in [6.45, 7) is 5.62. The van der Waals surface area contributed by atoms with Crippen molar-refractivity contribution >= 4 is 34.5 Å². The zero-order chi connectivity index (χ0) is 22.0. The molecule has 2 heterocycles. The van der Waals surface area contributed by atoms with E-state index >= 15 is 0 Å². The van der Waals surface area contributed by atoms with E-state index in [2.05, 4.69) is 48.3 Å². The molecule has 0 bridgehead atoms. The van der Waals surface area contributed by atoms with Gasteiger partial charge in [-0.1, -0.05) is 48.9 Å². The number of carbonyl (C=O) groups is 1. The van der Waals surface area contributed by atoms with E-state index in [1.54, 1.807) is 19.2 Å². The molecule has 1 aromatic heterocycles. The second-order valence-electron chi connectivity index (χ2n) is 7.76. The van der Waals surface area contributed by atoms with Crippen LogP contribution in [-0.4, -0.2) is 31.0 Å². The van der Waals surface area contributed by atoms with Crippen LogP contribution in [0.5, 0.6) is 5.75 Å². The highest BCUT2D eigenvalue weighted by Gasteiger charge is 2.33. The molecule has 1 amide bonds. The molecule has 0 spiro atoms. The SMILES string of the molecule is CCc1c(C)sc2c1CCN(CC(=O)Nc1ccc(OC)c(Cl)c1)C2c1ccccc1. The summed E-state index contributed by atoms with van der Waals surface area (Å²) in [5.74, 6) is 0.543. The number of nitrogens with one attached hydrogen (secondary N) is 1. The van der Waals surface area contributed by atoms with E-state index < -0.39 is 0 Å². The van der Waals surface area contributed by atoms with Crippen molar-refractivity contribution < 1.29 is 9.53 Å². The normalized spacial score (nSPS) is 16.1. The third kappa shape index (κ3) is 4.49. The molecule has 0 saturated heterocycles. The molecule has 1 unspecified atom stereocenters. The van der Waals surface area contributed by atoms with Gasteiger partial charge < -0.3 is 10.1 Å². The quantitative estimate of drug-likeness (QED) is 0.506. The van der Waals surface area contributed by atoms with Gasteiger partial charge in [0, 0.05) is 22.0 Å². The van der Waals surface area contributed by atoms with E-state index in [1.807, 2.05) is 23.5 Å². The van der Waals surface area contributed by atoms with E-state index in [1.165, 1.54) is 26.4 Å². The fraction of sp³-hybridized carbons (Fsp3) is 0.320. The van der Waals surface area contributed by atoms with Crippen molar-refractivity contribution in [2.45, 2.75) is 32.7 Å². The molecule has 6 heteroatoms. The van der Waals surface area contributed by atoms with Gasteiger partial charge in [0.15, 0.2) is 0 Å². The van der Waals surface area contributed by atoms with Crippen LogP contribution in [0.3, 0.4) is 0 Å². The Morgan fingerprint density at radius 2 is 2.03 bits per heavy atom. The summed E-state index contributed by atoms with van der Waals surface area (Å²) in [4.78, 5) is 18.0. The van der Waals surface area contributed by atoms with Gasteiger partial charge in [-0.25, -0.2) is 0 Å². The van der Waals surface area contributed by atoms with Gasteiger partial charge in [0.1, 0.15) is 5.75 Å². The molecular weight excluding hydrogens is 428 g/mol. The number of halogens is 1. The second kappa shape index (κ2) is 9.43. The van der Waals surface area contributed by atoms with Crippen molar-refractivity contribution in [3.05, 3.63) is 80.0 Å². The molecule has 31 heavy (non-hydrogen) atoms. The van der Waals surface area contributed by atoms with Crippen molar-refractivity contribution in [2.24, 2.45) is 0 Å². The van der Waals surface area contributed by atoms with Gasteiger partial charge >= 0.3 is 0 Å². The van der Waals surface area contributed by atoms with Crippen LogP contribution in [0.2, 0.25) is 5.02 Å². The van der Waals surface area contributed by atoms with E-state index in [4.69, 9.17) is 16.3 Å². The molecule has 162 valence electrons. The summed E-state index contributed by atoms with van der Waals surface area (Å²) < 4.78 is 5.19. The molecule has 0 aliphatic carbocycles. The Labute approximate surface area is 192 Å². The van der Waals surface area contributed by atoms with Crippen LogP contribution < -0.4 is 10.1 Å². The highest BCUT2D eigenvalue weighted by molar-refractivity contribution is 7.12. The lowest BCUT2D eigenvalue weighted by molar-refractivity contribution is -0.117. The van der Waals surface area contributed by atoms with Crippen molar-refractivity contribution in [2.75, 3.05) is 25.5 Å². The van der Waals surface area contributed by atoms with Crippen LogP contribution >= 0.6 is 22.9 Å². The number of methoxy groups -OCH3 is 1. The van der Waals surface area contributed by atoms with Crippen molar-refractivity contribution in [1.82, 2.24) is 4.90 Å². The third-order valence-corrected chi connectivity index (χ3v) is 7.40. The fourth-order valence-corrected chi connectivity index (χ4v) is 6.18. The first kappa shape index (κ1) is 21.9. The number of thiophene rings is 1. The summed E-state index contributed by atoms with van der Waals surface area (Å²) in [7, 11) is 1.57. The first-order valence-electron chi connectivity index (χ1n) is 10.5. The number of rotatable bonds is 6. The van der Waals surface area contributed by atoms with Gasteiger partial charge in [0.05, 0.1) is 24.7 Å². The van der Waals surface area contributed by atoms with Gasteiger partial charge in [-0.15, -0.1) is 11.3 Å². The highest BCUT2D eigenvalue weighted by Crippen LogP contribution is 2.42. The third-order valence-electron chi connectivity index (χ3n) is 5.86. The number of ether oxygens (including phenoxy) is 1. The molecule has 1 aliphatic heterocycles. The minimum Gasteiger partial charge on any atom is -0.495 e. The van der Waals surface area contributed by atoms with Crippen LogP contribution in [0.1, 0.15) is 39.4 Å². The Balaban J connectivity index is 1.59. The molecule has 0 saturated carbocycles. The number of aryl methyl sites for hydroxylation is 1. The molecule has 1 N–H and O–H groups in total. The smallest absolute Gasteiger partial charge is 0.238 e. The molecule has 2 aromatic carbocycles. The lowest BCUT2D eigenvalue weighted by Crippen LogP contribution is -2.40. The largest absolute Gasteiger partial charge is 0.495 e. The average Bonchev–Trinajstić information content (AvgIpc) is 3.09. The summed E-state index contributed by atoms with van der Waals surface area (Å²) >= 11 is 8.09. The number of hydrogen-bond donors (Lipinski definition) is 1. The maximum Gasteiger partial charge on any atom is 0.238 e. The second-order valence-corrected chi connectivity index (χ2v) is 9.43. The summed E-state index contributed by atoms with van der Waals surface area (Å²) in [5.41, 5.74) is 4.87. The Morgan fingerprint density at radius 1 is 1.26 bits per heavy atom. The Bertz CT molecular complexity index is 1080. The van der Waals surface area contributed by atoms with Gasteiger partial charge in [0.25, 0.3) is 0 Å². The minimum absolute atomic E-state index is 0.0467. The van der Waals surface area contributed by atoms with Gasteiger partial charge in [0.2, 0.25) is 5.91 Å². The number of hydrogen-bond acceptors (Lipinski definition) is 4. The Hall–Kier alpha value is -2.34. The molecule has 1 aliphatic rings. The number of amides is 1. The summed E-state index contributed by atoms with van der Waals surface area (Å²) in [5, 5.41) is 3.47. The van der Waals surface area contributed by atoms with Crippen molar-refractivity contribution in [1.29, 1.82) is 0 Å². The molecule has 3 aromatic rings. The maximum absolute atomic E-state index is 12.9. The fourth-order valence-electron chi connectivity index (χ4n) is 4.45.